The fraction of sp³-hybridized carbons (Fsp3) is 0.357. The molecule has 0 amide bonds. The van der Waals surface area contributed by atoms with E-state index in [1.54, 1.807) is 18.2 Å². The van der Waals surface area contributed by atoms with Crippen LogP contribution < -0.4 is 5.32 Å². The SMILES string of the molecule is COC(=O)c1ccc2nc(C)c(NC(C)C)nc2c1. The predicted octanol–water partition coefficient (Wildman–Crippen LogP) is 2.55. The van der Waals surface area contributed by atoms with Gasteiger partial charge in [-0.2, -0.15) is 0 Å². The molecular weight excluding hydrogens is 242 g/mol. The molecule has 1 N–H and O–H groups in total. The summed E-state index contributed by atoms with van der Waals surface area (Å²) in [6.45, 7) is 5.98. The van der Waals surface area contributed by atoms with Crippen LogP contribution in [0.4, 0.5) is 5.82 Å². The quantitative estimate of drug-likeness (QED) is 0.858. The van der Waals surface area contributed by atoms with Crippen molar-refractivity contribution in [2.45, 2.75) is 26.8 Å². The standard InChI is InChI=1S/C14H17N3O2/c1-8(2)15-13-9(3)16-11-6-5-10(14(18)19-4)7-12(11)17-13/h5-8H,1-4H3,(H,15,17). The molecule has 0 spiro atoms. The number of hydrogen-bond donors (Lipinski definition) is 1. The third-order valence-electron chi connectivity index (χ3n) is 2.69. The minimum absolute atomic E-state index is 0.272. The summed E-state index contributed by atoms with van der Waals surface area (Å²) in [7, 11) is 1.36. The van der Waals surface area contributed by atoms with Crippen molar-refractivity contribution in [2.24, 2.45) is 0 Å². The van der Waals surface area contributed by atoms with Crippen molar-refractivity contribution in [3.8, 4) is 0 Å². The van der Waals surface area contributed by atoms with Crippen molar-refractivity contribution in [3.05, 3.63) is 29.5 Å². The summed E-state index contributed by atoms with van der Waals surface area (Å²) >= 11 is 0. The molecule has 1 aromatic heterocycles. The van der Waals surface area contributed by atoms with Crippen LogP contribution in [0.1, 0.15) is 29.9 Å². The second kappa shape index (κ2) is 5.22. The molecule has 0 radical (unpaired) electrons. The number of fused-ring (bicyclic) bond motifs is 1. The maximum atomic E-state index is 11.5. The van der Waals surface area contributed by atoms with Gasteiger partial charge in [0.2, 0.25) is 0 Å². The Labute approximate surface area is 112 Å². The molecule has 0 fully saturated rings. The first-order valence-electron chi connectivity index (χ1n) is 6.14. The molecule has 0 atom stereocenters. The van der Waals surface area contributed by atoms with Gasteiger partial charge in [0.25, 0.3) is 0 Å². The molecule has 100 valence electrons. The minimum atomic E-state index is -0.373. The van der Waals surface area contributed by atoms with Crippen LogP contribution in [-0.2, 0) is 4.74 Å². The zero-order valence-electron chi connectivity index (χ0n) is 11.5. The largest absolute Gasteiger partial charge is 0.465 e. The van der Waals surface area contributed by atoms with Crippen molar-refractivity contribution < 1.29 is 9.53 Å². The van der Waals surface area contributed by atoms with Gasteiger partial charge in [0.15, 0.2) is 0 Å². The van der Waals surface area contributed by atoms with Gasteiger partial charge >= 0.3 is 5.97 Å². The number of nitrogens with one attached hydrogen (secondary N) is 1. The normalized spacial score (nSPS) is 10.8. The second-order valence-corrected chi connectivity index (χ2v) is 4.65. The Hall–Kier alpha value is -2.17. The molecule has 5 nitrogen and oxygen atoms in total. The minimum Gasteiger partial charge on any atom is -0.465 e. The number of methoxy groups -OCH3 is 1. The van der Waals surface area contributed by atoms with Crippen LogP contribution in [0, 0.1) is 6.92 Å². The highest BCUT2D eigenvalue weighted by Gasteiger charge is 2.10. The van der Waals surface area contributed by atoms with Crippen molar-refractivity contribution in [1.29, 1.82) is 0 Å². The molecule has 0 aliphatic rings. The molecule has 0 aliphatic carbocycles. The number of carbonyl (C=O) groups is 1. The lowest BCUT2D eigenvalue weighted by Crippen LogP contribution is -2.13. The van der Waals surface area contributed by atoms with E-state index in [0.717, 1.165) is 17.0 Å². The number of rotatable bonds is 3. The van der Waals surface area contributed by atoms with Gasteiger partial charge in [0.05, 0.1) is 29.4 Å². The number of anilines is 1. The van der Waals surface area contributed by atoms with Crippen molar-refractivity contribution in [1.82, 2.24) is 9.97 Å². The Morgan fingerprint density at radius 3 is 2.63 bits per heavy atom. The van der Waals surface area contributed by atoms with E-state index >= 15 is 0 Å². The van der Waals surface area contributed by atoms with E-state index in [1.165, 1.54) is 7.11 Å². The summed E-state index contributed by atoms with van der Waals surface area (Å²) in [5.41, 5.74) is 2.76. The molecule has 5 heteroatoms. The third kappa shape index (κ3) is 2.81. The fourth-order valence-electron chi connectivity index (χ4n) is 1.80. The van der Waals surface area contributed by atoms with Gasteiger partial charge in [-0.25, -0.2) is 14.8 Å². The molecule has 0 saturated heterocycles. The van der Waals surface area contributed by atoms with E-state index in [-0.39, 0.29) is 12.0 Å². The maximum Gasteiger partial charge on any atom is 0.337 e. The number of hydrogen-bond acceptors (Lipinski definition) is 5. The van der Waals surface area contributed by atoms with E-state index in [2.05, 4.69) is 15.3 Å². The fourth-order valence-corrected chi connectivity index (χ4v) is 1.80. The molecular formula is C14H17N3O2. The van der Waals surface area contributed by atoms with E-state index in [1.807, 2.05) is 20.8 Å². The van der Waals surface area contributed by atoms with Gasteiger partial charge in [0.1, 0.15) is 5.82 Å². The molecule has 2 rings (SSSR count). The molecule has 0 aliphatic heterocycles. The van der Waals surface area contributed by atoms with Gasteiger partial charge in [-0.05, 0) is 39.0 Å². The number of benzene rings is 1. The first kappa shape index (κ1) is 13.3. The van der Waals surface area contributed by atoms with E-state index in [9.17, 15) is 4.79 Å². The van der Waals surface area contributed by atoms with E-state index in [4.69, 9.17) is 4.74 Å². The van der Waals surface area contributed by atoms with Crippen molar-refractivity contribution >= 4 is 22.8 Å². The van der Waals surface area contributed by atoms with E-state index in [0.29, 0.717) is 11.1 Å². The lowest BCUT2D eigenvalue weighted by Gasteiger charge is -2.12. The summed E-state index contributed by atoms with van der Waals surface area (Å²) in [6, 6.07) is 5.44. The summed E-state index contributed by atoms with van der Waals surface area (Å²) in [5, 5.41) is 3.24. The Morgan fingerprint density at radius 1 is 1.26 bits per heavy atom. The monoisotopic (exact) mass is 259 g/mol. The number of ether oxygens (including phenoxy) is 1. The molecule has 0 bridgehead atoms. The van der Waals surface area contributed by atoms with E-state index < -0.39 is 0 Å². The van der Waals surface area contributed by atoms with Crippen LogP contribution in [0.15, 0.2) is 18.2 Å². The average Bonchev–Trinajstić information content (AvgIpc) is 2.37. The second-order valence-electron chi connectivity index (χ2n) is 4.65. The maximum absolute atomic E-state index is 11.5. The van der Waals surface area contributed by atoms with Gasteiger partial charge < -0.3 is 10.1 Å². The number of aryl methyl sites for hydroxylation is 1. The summed E-state index contributed by atoms with van der Waals surface area (Å²) in [6.07, 6.45) is 0. The Bertz CT molecular complexity index is 623. The highest BCUT2D eigenvalue weighted by atomic mass is 16.5. The predicted molar refractivity (Wildman–Crippen MR) is 74.4 cm³/mol. The molecule has 0 unspecified atom stereocenters. The lowest BCUT2D eigenvalue weighted by molar-refractivity contribution is 0.0601. The van der Waals surface area contributed by atoms with Gasteiger partial charge in [-0.3, -0.25) is 0 Å². The first-order chi connectivity index (χ1) is 9.01. The zero-order chi connectivity index (χ0) is 14.0. The molecule has 1 aromatic carbocycles. The van der Waals surface area contributed by atoms with Gasteiger partial charge in [-0.15, -0.1) is 0 Å². The van der Waals surface area contributed by atoms with Crippen LogP contribution in [-0.4, -0.2) is 29.1 Å². The molecule has 2 aromatic rings. The van der Waals surface area contributed by atoms with Gasteiger partial charge in [0, 0.05) is 6.04 Å². The van der Waals surface area contributed by atoms with Crippen LogP contribution in [0.3, 0.4) is 0 Å². The van der Waals surface area contributed by atoms with Gasteiger partial charge in [-0.1, -0.05) is 0 Å². The molecule has 0 saturated carbocycles. The van der Waals surface area contributed by atoms with Crippen LogP contribution in [0.5, 0.6) is 0 Å². The van der Waals surface area contributed by atoms with Crippen LogP contribution in [0.2, 0.25) is 0 Å². The lowest BCUT2D eigenvalue weighted by atomic mass is 10.2. The third-order valence-corrected chi connectivity index (χ3v) is 2.69. The number of aromatic nitrogens is 2. The summed E-state index contributed by atoms with van der Waals surface area (Å²) < 4.78 is 4.70. The number of esters is 1. The Morgan fingerprint density at radius 2 is 2.00 bits per heavy atom. The number of carbonyl (C=O) groups excluding carboxylic acids is 1. The Kier molecular flexibility index (Phi) is 3.64. The first-order valence-corrected chi connectivity index (χ1v) is 6.14. The van der Waals surface area contributed by atoms with Crippen LogP contribution >= 0.6 is 0 Å². The molecule has 1 heterocycles. The van der Waals surface area contributed by atoms with Crippen LogP contribution in [0.25, 0.3) is 11.0 Å². The zero-order valence-corrected chi connectivity index (χ0v) is 11.5. The van der Waals surface area contributed by atoms with Crippen molar-refractivity contribution in [2.75, 3.05) is 12.4 Å². The van der Waals surface area contributed by atoms with Crippen molar-refractivity contribution in [3.63, 3.8) is 0 Å². The topological polar surface area (TPSA) is 64.1 Å². The average molecular weight is 259 g/mol. The molecule has 19 heavy (non-hydrogen) atoms. The summed E-state index contributed by atoms with van der Waals surface area (Å²) in [5.74, 6) is 0.368. The highest BCUT2D eigenvalue weighted by molar-refractivity contribution is 5.93. The summed E-state index contributed by atoms with van der Waals surface area (Å²) in [4.78, 5) is 20.5. The smallest absolute Gasteiger partial charge is 0.337 e. The highest BCUT2D eigenvalue weighted by Crippen LogP contribution is 2.18. The number of nitrogens with zero attached hydrogens (tertiary/aromatic N) is 2. The Balaban J connectivity index is 2.51.